The Balaban J connectivity index is 1.62. The van der Waals surface area contributed by atoms with E-state index < -0.39 is 10.0 Å². The minimum absolute atomic E-state index is 0.242. The van der Waals surface area contributed by atoms with Crippen molar-refractivity contribution < 1.29 is 8.42 Å². The van der Waals surface area contributed by atoms with Gasteiger partial charge in [0.05, 0.1) is 18.7 Å². The van der Waals surface area contributed by atoms with Gasteiger partial charge in [-0.1, -0.05) is 6.07 Å². The van der Waals surface area contributed by atoms with Gasteiger partial charge in [0, 0.05) is 42.5 Å². The third-order valence-electron chi connectivity index (χ3n) is 6.47. The van der Waals surface area contributed by atoms with E-state index in [4.69, 9.17) is 5.26 Å². The summed E-state index contributed by atoms with van der Waals surface area (Å²) in [5, 5.41) is 13.7. The van der Waals surface area contributed by atoms with Crippen molar-refractivity contribution in [2.24, 2.45) is 0 Å². The van der Waals surface area contributed by atoms with E-state index in [1.165, 1.54) is 17.4 Å². The van der Waals surface area contributed by atoms with E-state index in [0.717, 1.165) is 52.7 Å². The van der Waals surface area contributed by atoms with Crippen LogP contribution in [0, 0.1) is 11.3 Å². The number of aromatic nitrogens is 2. The van der Waals surface area contributed by atoms with Crippen molar-refractivity contribution in [2.75, 3.05) is 19.3 Å². The van der Waals surface area contributed by atoms with Crippen LogP contribution in [0.2, 0.25) is 0 Å². The summed E-state index contributed by atoms with van der Waals surface area (Å²) in [7, 11) is -3.23. The van der Waals surface area contributed by atoms with Gasteiger partial charge < -0.3 is 10.3 Å². The molecule has 2 aliphatic heterocycles. The van der Waals surface area contributed by atoms with Crippen LogP contribution >= 0.6 is 0 Å². The number of hydrogen-bond acceptors (Lipinski definition) is 5. The van der Waals surface area contributed by atoms with Crippen molar-refractivity contribution in [1.29, 1.82) is 5.26 Å². The third kappa shape index (κ3) is 3.74. The summed E-state index contributed by atoms with van der Waals surface area (Å²) in [5.74, 6) is 0. The molecule has 0 aliphatic carbocycles. The molecule has 7 nitrogen and oxygen atoms in total. The van der Waals surface area contributed by atoms with Gasteiger partial charge in [-0.2, -0.15) is 9.57 Å². The number of aromatic amines is 1. The van der Waals surface area contributed by atoms with E-state index in [1.54, 1.807) is 4.31 Å². The summed E-state index contributed by atoms with van der Waals surface area (Å²) < 4.78 is 25.9. The first-order valence-electron chi connectivity index (χ1n) is 10.6. The van der Waals surface area contributed by atoms with Crippen LogP contribution in [0.15, 0.2) is 30.6 Å². The van der Waals surface area contributed by atoms with Crippen LogP contribution in [0.25, 0.3) is 22.2 Å². The van der Waals surface area contributed by atoms with Gasteiger partial charge in [-0.3, -0.25) is 0 Å². The number of benzene rings is 1. The number of nitrogens with zero attached hydrogens (tertiary/aromatic N) is 3. The molecule has 0 spiro atoms. The lowest BCUT2D eigenvalue weighted by atomic mass is 9.87. The Morgan fingerprint density at radius 1 is 1.29 bits per heavy atom. The summed E-state index contributed by atoms with van der Waals surface area (Å²) in [6.07, 6.45) is 8.23. The normalized spacial score (nSPS) is 19.4. The summed E-state index contributed by atoms with van der Waals surface area (Å²) in [6.45, 7) is 1.92. The molecule has 0 unspecified atom stereocenters. The monoisotopic (exact) mass is 435 g/mol. The van der Waals surface area contributed by atoms with E-state index in [2.05, 4.69) is 39.6 Å². The fourth-order valence-corrected chi connectivity index (χ4v) is 5.62. The maximum atomic E-state index is 12.2. The first kappa shape index (κ1) is 20.2. The summed E-state index contributed by atoms with van der Waals surface area (Å²) in [4.78, 5) is 7.72. The molecule has 5 rings (SSSR count). The highest BCUT2D eigenvalue weighted by atomic mass is 32.2. The third-order valence-corrected chi connectivity index (χ3v) is 7.72. The second-order valence-corrected chi connectivity index (χ2v) is 10.5. The van der Waals surface area contributed by atoms with Gasteiger partial charge >= 0.3 is 0 Å². The largest absolute Gasteiger partial charge is 0.346 e. The summed E-state index contributed by atoms with van der Waals surface area (Å²) in [5.41, 5.74) is 7.39. The second-order valence-electron chi connectivity index (χ2n) is 8.47. The van der Waals surface area contributed by atoms with Gasteiger partial charge in [-0.05, 0) is 65.8 Å². The first-order valence-corrected chi connectivity index (χ1v) is 12.5. The quantitative estimate of drug-likeness (QED) is 0.656. The Morgan fingerprint density at radius 3 is 2.90 bits per heavy atom. The molecule has 1 fully saturated rings. The van der Waals surface area contributed by atoms with Gasteiger partial charge in [-0.25, -0.2) is 13.4 Å². The van der Waals surface area contributed by atoms with Crippen LogP contribution in [-0.2, 0) is 29.4 Å². The van der Waals surface area contributed by atoms with Crippen LogP contribution in [0.3, 0.4) is 0 Å². The highest BCUT2D eigenvalue weighted by molar-refractivity contribution is 7.88. The van der Waals surface area contributed by atoms with Gasteiger partial charge in [0.1, 0.15) is 5.65 Å². The number of nitrogens with one attached hydrogen (secondary N) is 2. The molecular formula is C23H25N5O2S. The van der Waals surface area contributed by atoms with Crippen molar-refractivity contribution >= 4 is 21.1 Å². The Kier molecular flexibility index (Phi) is 5.05. The van der Waals surface area contributed by atoms with Crippen LogP contribution in [-0.4, -0.2) is 42.0 Å². The zero-order valence-corrected chi connectivity index (χ0v) is 18.3. The molecule has 31 heavy (non-hydrogen) atoms. The summed E-state index contributed by atoms with van der Waals surface area (Å²) >= 11 is 0. The van der Waals surface area contributed by atoms with E-state index in [0.29, 0.717) is 25.9 Å². The molecule has 4 heterocycles. The van der Waals surface area contributed by atoms with E-state index >= 15 is 0 Å². The van der Waals surface area contributed by atoms with Crippen molar-refractivity contribution in [3.63, 3.8) is 0 Å². The average molecular weight is 436 g/mol. The molecule has 1 saturated heterocycles. The van der Waals surface area contributed by atoms with E-state index in [9.17, 15) is 8.42 Å². The average Bonchev–Trinajstić information content (AvgIpc) is 3.42. The van der Waals surface area contributed by atoms with Crippen LogP contribution in [0.4, 0.5) is 0 Å². The zero-order chi connectivity index (χ0) is 21.6. The molecule has 1 atom stereocenters. The molecule has 0 radical (unpaired) electrons. The van der Waals surface area contributed by atoms with E-state index in [1.807, 2.05) is 12.4 Å². The standard InChI is InChI=1S/C23H25N5O2S/c1-31(29,30)28-8-5-15-9-17(10-20(21(15)14-28)22-3-2-7-25-22)18-11-19-16(4-6-24)12-26-23(19)27-13-18/h9-13,22,25H,2-5,7-8,14H2,1H3,(H,26,27)/t22-/m0/s1. The van der Waals surface area contributed by atoms with Gasteiger partial charge in [0.15, 0.2) is 0 Å². The summed E-state index contributed by atoms with van der Waals surface area (Å²) in [6, 6.07) is 8.95. The van der Waals surface area contributed by atoms with E-state index in [-0.39, 0.29) is 6.04 Å². The maximum absolute atomic E-state index is 12.2. The molecule has 2 aromatic heterocycles. The fraction of sp³-hybridized carbons (Fsp3) is 0.391. The lowest BCUT2D eigenvalue weighted by Crippen LogP contribution is -2.36. The Morgan fingerprint density at radius 2 is 2.16 bits per heavy atom. The minimum atomic E-state index is -3.23. The lowest BCUT2D eigenvalue weighted by Gasteiger charge is -2.30. The topological polar surface area (TPSA) is 102 Å². The van der Waals surface area contributed by atoms with Gasteiger partial charge in [0.25, 0.3) is 0 Å². The van der Waals surface area contributed by atoms with Crippen molar-refractivity contribution in [1.82, 2.24) is 19.6 Å². The van der Waals surface area contributed by atoms with Gasteiger partial charge in [-0.15, -0.1) is 0 Å². The molecule has 8 heteroatoms. The van der Waals surface area contributed by atoms with Crippen molar-refractivity contribution in [3.05, 3.63) is 52.8 Å². The molecule has 0 bridgehead atoms. The molecule has 2 aliphatic rings. The molecule has 2 N–H and O–H groups in total. The van der Waals surface area contributed by atoms with Crippen LogP contribution in [0.5, 0.6) is 0 Å². The fourth-order valence-electron chi connectivity index (χ4n) is 4.83. The number of pyridine rings is 1. The number of H-pyrrole nitrogens is 1. The molecular weight excluding hydrogens is 410 g/mol. The molecule has 160 valence electrons. The molecule has 0 saturated carbocycles. The van der Waals surface area contributed by atoms with Crippen molar-refractivity contribution in [2.45, 2.75) is 38.3 Å². The number of hydrogen-bond donors (Lipinski definition) is 2. The highest BCUT2D eigenvalue weighted by Crippen LogP contribution is 2.36. The first-order chi connectivity index (χ1) is 14.9. The van der Waals surface area contributed by atoms with Gasteiger partial charge in [0.2, 0.25) is 10.0 Å². The SMILES string of the molecule is CS(=O)(=O)N1CCc2cc(-c3cnc4[nH]cc(CC#N)c4c3)cc([C@@H]3CCCN3)c2C1. The number of sulfonamides is 1. The second kappa shape index (κ2) is 7.75. The Bertz CT molecular complexity index is 1300. The Labute approximate surface area is 182 Å². The van der Waals surface area contributed by atoms with Crippen molar-refractivity contribution in [3.8, 4) is 17.2 Å². The minimum Gasteiger partial charge on any atom is -0.346 e. The molecule has 0 amide bonds. The van der Waals surface area contributed by atoms with Crippen LogP contribution < -0.4 is 5.32 Å². The number of rotatable bonds is 4. The number of nitriles is 1. The molecule has 3 aromatic rings. The predicted octanol–water partition coefficient (Wildman–Crippen LogP) is 3.04. The van der Waals surface area contributed by atoms with Crippen LogP contribution in [0.1, 0.15) is 41.1 Å². The number of fused-ring (bicyclic) bond motifs is 2. The lowest BCUT2D eigenvalue weighted by molar-refractivity contribution is 0.391. The zero-order valence-electron chi connectivity index (χ0n) is 17.5. The maximum Gasteiger partial charge on any atom is 0.211 e. The molecule has 1 aromatic carbocycles. The predicted molar refractivity (Wildman–Crippen MR) is 120 cm³/mol. The highest BCUT2D eigenvalue weighted by Gasteiger charge is 2.29. The smallest absolute Gasteiger partial charge is 0.211 e. The Hall–Kier alpha value is -2.73.